The molecule has 150 valence electrons. The molecule has 8 heteroatoms. The number of anilines is 1. The van der Waals surface area contributed by atoms with Crippen LogP contribution in [-0.4, -0.2) is 51.0 Å². The van der Waals surface area contributed by atoms with Crippen molar-refractivity contribution in [1.29, 1.82) is 0 Å². The Balaban J connectivity index is 1.28. The Morgan fingerprint density at radius 3 is 3.21 bits per heavy atom. The average molecular weight is 392 g/mol. The van der Waals surface area contributed by atoms with Crippen LogP contribution in [0.2, 0.25) is 0 Å². The van der Waals surface area contributed by atoms with Gasteiger partial charge in [-0.1, -0.05) is 0 Å². The second-order valence-electron chi connectivity index (χ2n) is 7.80. The van der Waals surface area contributed by atoms with Crippen molar-refractivity contribution >= 4 is 17.5 Å². The predicted octanol–water partition coefficient (Wildman–Crippen LogP) is 1.90. The van der Waals surface area contributed by atoms with Crippen molar-refractivity contribution in [2.45, 2.75) is 38.8 Å². The molecule has 8 nitrogen and oxygen atoms in total. The average Bonchev–Trinajstić information content (AvgIpc) is 3.17. The molecule has 2 aliphatic rings. The number of carbonyl (C=O) groups excluding carboxylic acids is 1. The van der Waals surface area contributed by atoms with Crippen LogP contribution < -0.4 is 10.2 Å². The number of pyridine rings is 1. The molecular weight excluding hydrogens is 368 g/mol. The molecule has 0 radical (unpaired) electrons. The molecule has 0 saturated carbocycles. The second kappa shape index (κ2) is 7.44. The monoisotopic (exact) mass is 392 g/mol. The highest BCUT2D eigenvalue weighted by Gasteiger charge is 2.25. The topological polar surface area (TPSA) is 84.7 Å². The van der Waals surface area contributed by atoms with Gasteiger partial charge in [0, 0.05) is 49.7 Å². The third kappa shape index (κ3) is 3.67. The molecule has 1 fully saturated rings. The van der Waals surface area contributed by atoms with E-state index in [4.69, 9.17) is 9.72 Å². The first-order chi connectivity index (χ1) is 14.2. The Morgan fingerprint density at radius 2 is 2.28 bits per heavy atom. The van der Waals surface area contributed by atoms with Gasteiger partial charge >= 0.3 is 0 Å². The zero-order valence-corrected chi connectivity index (χ0v) is 16.5. The van der Waals surface area contributed by atoms with E-state index in [9.17, 15) is 4.79 Å². The van der Waals surface area contributed by atoms with Gasteiger partial charge in [-0.05, 0) is 37.5 Å². The quantitative estimate of drug-likeness (QED) is 0.733. The number of hydrogen-bond acceptors (Lipinski definition) is 6. The normalized spacial score (nSPS) is 19.2. The first-order valence-electron chi connectivity index (χ1n) is 10.1. The standard InChI is InChI=1S/C21H24N6O2/c1-14-4-7-26-12-18(24-19(26)9-14)20(28)23-16-3-2-6-27(11-16)21-22-10-15-13-29-8-5-17(15)25-21/h4,7,9-10,12,16H,2-3,5-6,8,11,13H2,1H3,(H,23,28). The lowest BCUT2D eigenvalue weighted by Crippen LogP contribution is -2.48. The SMILES string of the molecule is Cc1ccn2cc(C(=O)NC3CCCN(c4ncc5c(n4)CCOC5)C3)nc2c1. The Bertz CT molecular complexity index is 1060. The lowest BCUT2D eigenvalue weighted by Gasteiger charge is -2.33. The number of hydrogen-bond donors (Lipinski definition) is 1. The van der Waals surface area contributed by atoms with Crippen LogP contribution in [0.25, 0.3) is 5.65 Å². The lowest BCUT2D eigenvalue weighted by molar-refractivity contribution is 0.0928. The van der Waals surface area contributed by atoms with Crippen LogP contribution in [0.3, 0.4) is 0 Å². The van der Waals surface area contributed by atoms with Crippen molar-refractivity contribution in [1.82, 2.24) is 24.7 Å². The Kier molecular flexibility index (Phi) is 4.63. The summed E-state index contributed by atoms with van der Waals surface area (Å²) >= 11 is 0. The molecule has 1 amide bonds. The van der Waals surface area contributed by atoms with Crippen molar-refractivity contribution in [3.63, 3.8) is 0 Å². The van der Waals surface area contributed by atoms with Crippen molar-refractivity contribution < 1.29 is 9.53 Å². The molecule has 5 heterocycles. The zero-order valence-electron chi connectivity index (χ0n) is 16.5. The minimum Gasteiger partial charge on any atom is -0.376 e. The molecule has 3 aromatic heterocycles. The Morgan fingerprint density at radius 1 is 1.34 bits per heavy atom. The van der Waals surface area contributed by atoms with Crippen LogP contribution in [0, 0.1) is 6.92 Å². The molecule has 1 saturated heterocycles. The van der Waals surface area contributed by atoms with Gasteiger partial charge in [0.1, 0.15) is 11.3 Å². The van der Waals surface area contributed by atoms with E-state index < -0.39 is 0 Å². The molecule has 5 rings (SSSR count). The van der Waals surface area contributed by atoms with Gasteiger partial charge in [0.05, 0.1) is 18.9 Å². The van der Waals surface area contributed by atoms with Gasteiger partial charge in [0.25, 0.3) is 5.91 Å². The number of piperidine rings is 1. The predicted molar refractivity (Wildman–Crippen MR) is 108 cm³/mol. The first kappa shape index (κ1) is 18.1. The third-order valence-electron chi connectivity index (χ3n) is 5.57. The van der Waals surface area contributed by atoms with Gasteiger partial charge in [0.15, 0.2) is 0 Å². The summed E-state index contributed by atoms with van der Waals surface area (Å²) in [6.45, 7) is 4.91. The smallest absolute Gasteiger partial charge is 0.271 e. The number of imidazole rings is 1. The van der Waals surface area contributed by atoms with Crippen LogP contribution in [0.1, 0.15) is 40.2 Å². The highest BCUT2D eigenvalue weighted by molar-refractivity contribution is 5.93. The van der Waals surface area contributed by atoms with Crippen LogP contribution in [0.15, 0.2) is 30.7 Å². The van der Waals surface area contributed by atoms with Gasteiger partial charge in [0.2, 0.25) is 5.95 Å². The van der Waals surface area contributed by atoms with Gasteiger partial charge in [-0.25, -0.2) is 15.0 Å². The number of ether oxygens (including phenoxy) is 1. The van der Waals surface area contributed by atoms with Crippen LogP contribution in [-0.2, 0) is 17.8 Å². The summed E-state index contributed by atoms with van der Waals surface area (Å²) in [5.74, 6) is 0.606. The summed E-state index contributed by atoms with van der Waals surface area (Å²) in [6, 6.07) is 4.02. The molecule has 1 N–H and O–H groups in total. The molecule has 2 aliphatic heterocycles. The first-order valence-corrected chi connectivity index (χ1v) is 10.1. The Hall–Kier alpha value is -3.00. The number of aryl methyl sites for hydroxylation is 1. The summed E-state index contributed by atoms with van der Waals surface area (Å²) in [6.07, 6.45) is 8.32. The van der Waals surface area contributed by atoms with E-state index >= 15 is 0 Å². The molecule has 0 aliphatic carbocycles. The molecule has 0 aromatic carbocycles. The lowest BCUT2D eigenvalue weighted by atomic mass is 10.1. The number of nitrogens with one attached hydrogen (secondary N) is 1. The summed E-state index contributed by atoms with van der Waals surface area (Å²) in [5.41, 5.74) is 4.50. The number of carbonyl (C=O) groups is 1. The highest BCUT2D eigenvalue weighted by atomic mass is 16.5. The fourth-order valence-corrected chi connectivity index (χ4v) is 4.00. The van der Waals surface area contributed by atoms with E-state index in [2.05, 4.69) is 20.2 Å². The van der Waals surface area contributed by atoms with E-state index in [-0.39, 0.29) is 11.9 Å². The van der Waals surface area contributed by atoms with E-state index in [1.165, 1.54) is 0 Å². The van der Waals surface area contributed by atoms with Gasteiger partial charge in [-0.2, -0.15) is 0 Å². The zero-order chi connectivity index (χ0) is 19.8. The molecule has 1 unspecified atom stereocenters. The van der Waals surface area contributed by atoms with E-state index in [1.54, 1.807) is 6.20 Å². The van der Waals surface area contributed by atoms with Crippen molar-refractivity contribution in [2.75, 3.05) is 24.6 Å². The maximum absolute atomic E-state index is 12.8. The van der Waals surface area contributed by atoms with Crippen LogP contribution in [0.5, 0.6) is 0 Å². The maximum atomic E-state index is 12.8. The molecular formula is C21H24N6O2. The fourth-order valence-electron chi connectivity index (χ4n) is 4.00. The van der Waals surface area contributed by atoms with E-state index in [0.29, 0.717) is 25.5 Å². The summed E-state index contributed by atoms with van der Waals surface area (Å²) in [7, 11) is 0. The summed E-state index contributed by atoms with van der Waals surface area (Å²) in [4.78, 5) is 28.7. The minimum absolute atomic E-state index is 0.0470. The van der Waals surface area contributed by atoms with Crippen molar-refractivity contribution in [2.24, 2.45) is 0 Å². The molecule has 1 atom stereocenters. The molecule has 3 aromatic rings. The molecule has 0 spiro atoms. The number of rotatable bonds is 3. The van der Waals surface area contributed by atoms with Crippen molar-refractivity contribution in [3.8, 4) is 0 Å². The Labute approximate surface area is 168 Å². The maximum Gasteiger partial charge on any atom is 0.271 e. The van der Waals surface area contributed by atoms with Gasteiger partial charge in [-0.15, -0.1) is 0 Å². The highest BCUT2D eigenvalue weighted by Crippen LogP contribution is 2.20. The molecule has 29 heavy (non-hydrogen) atoms. The van der Waals surface area contributed by atoms with E-state index in [1.807, 2.05) is 35.9 Å². The third-order valence-corrected chi connectivity index (χ3v) is 5.57. The summed E-state index contributed by atoms with van der Waals surface area (Å²) in [5, 5.41) is 3.14. The number of nitrogens with zero attached hydrogens (tertiary/aromatic N) is 5. The molecule has 0 bridgehead atoms. The number of fused-ring (bicyclic) bond motifs is 2. The van der Waals surface area contributed by atoms with Gasteiger partial charge in [-0.3, -0.25) is 4.79 Å². The van der Waals surface area contributed by atoms with Crippen LogP contribution in [0.4, 0.5) is 5.95 Å². The number of amides is 1. The summed E-state index contributed by atoms with van der Waals surface area (Å²) < 4.78 is 7.34. The van der Waals surface area contributed by atoms with Crippen LogP contribution >= 0.6 is 0 Å². The van der Waals surface area contributed by atoms with Gasteiger partial charge < -0.3 is 19.4 Å². The van der Waals surface area contributed by atoms with E-state index in [0.717, 1.165) is 54.2 Å². The number of aromatic nitrogens is 4. The van der Waals surface area contributed by atoms with Crippen molar-refractivity contribution in [3.05, 3.63) is 53.2 Å². The minimum atomic E-state index is -0.137. The largest absolute Gasteiger partial charge is 0.376 e. The fraction of sp³-hybridized carbons (Fsp3) is 0.429. The second-order valence-corrected chi connectivity index (χ2v) is 7.80.